The average molecular weight is 690 g/mol. The van der Waals surface area contributed by atoms with Crippen LogP contribution in [0.1, 0.15) is 0 Å². The van der Waals surface area contributed by atoms with Crippen molar-refractivity contribution in [3.8, 4) is 44.7 Å². The van der Waals surface area contributed by atoms with Crippen LogP contribution in [0.2, 0.25) is 0 Å². The maximum absolute atomic E-state index is 6.83. The molecule has 10 rings (SSSR count). The van der Waals surface area contributed by atoms with Crippen LogP contribution in [0.4, 0.5) is 17.1 Å². The zero-order valence-corrected chi connectivity index (χ0v) is 29.6. The third-order valence-electron chi connectivity index (χ3n) is 10.5. The number of anilines is 3. The van der Waals surface area contributed by atoms with Crippen LogP contribution < -0.4 is 4.90 Å². The monoisotopic (exact) mass is 689 g/mol. The lowest BCUT2D eigenvalue weighted by Gasteiger charge is -2.28. The van der Waals surface area contributed by atoms with Gasteiger partial charge in [0.1, 0.15) is 11.3 Å². The third kappa shape index (κ3) is 5.53. The molecule has 1 aromatic heterocycles. The van der Waals surface area contributed by atoms with Crippen LogP contribution in [0.15, 0.2) is 217 Å². The van der Waals surface area contributed by atoms with Gasteiger partial charge in [-0.3, -0.25) is 0 Å². The van der Waals surface area contributed by atoms with Gasteiger partial charge in [0.15, 0.2) is 0 Å². The Morgan fingerprint density at radius 3 is 1.61 bits per heavy atom. The van der Waals surface area contributed by atoms with Crippen LogP contribution in [-0.2, 0) is 0 Å². The molecule has 0 N–H and O–H groups in total. The Bertz CT molecular complexity index is 2930. The fourth-order valence-corrected chi connectivity index (χ4v) is 7.97. The van der Waals surface area contributed by atoms with E-state index < -0.39 is 0 Å². The predicted octanol–water partition coefficient (Wildman–Crippen LogP) is 14.9. The van der Waals surface area contributed by atoms with Gasteiger partial charge in [-0.15, -0.1) is 0 Å². The average Bonchev–Trinajstić information content (AvgIpc) is 3.64. The van der Waals surface area contributed by atoms with Gasteiger partial charge in [-0.1, -0.05) is 170 Å². The van der Waals surface area contributed by atoms with Gasteiger partial charge in [-0.2, -0.15) is 0 Å². The van der Waals surface area contributed by atoms with E-state index in [-0.39, 0.29) is 0 Å². The lowest BCUT2D eigenvalue weighted by molar-refractivity contribution is 0.632. The summed E-state index contributed by atoms with van der Waals surface area (Å²) in [4.78, 5) is 2.37. The molecule has 0 radical (unpaired) electrons. The summed E-state index contributed by atoms with van der Waals surface area (Å²) in [6.07, 6.45) is 0. The summed E-state index contributed by atoms with van der Waals surface area (Å²) < 4.78 is 6.83. The highest BCUT2D eigenvalue weighted by atomic mass is 16.3. The van der Waals surface area contributed by atoms with E-state index in [0.717, 1.165) is 56.0 Å². The standard InChI is InChI=1S/C52H35NO/c1-2-17-39(18-3-1)51-48-26-9-11-30-50(48)54-52(51)47-25-8-10-29-49(47)53(41-33-31-38(32-34-41)45-27-13-19-36-15-4-6-23-43(36)45)42-22-12-21-40(35-42)46-28-14-20-37-16-5-7-24-44(37)46/h1-35H. The summed E-state index contributed by atoms with van der Waals surface area (Å²) >= 11 is 0. The molecular weight excluding hydrogens is 655 g/mol. The Kier molecular flexibility index (Phi) is 7.85. The second kappa shape index (κ2) is 13.4. The van der Waals surface area contributed by atoms with Crippen molar-refractivity contribution in [3.05, 3.63) is 212 Å². The molecule has 254 valence electrons. The second-order valence-corrected chi connectivity index (χ2v) is 13.7. The minimum atomic E-state index is 0.848. The first kappa shape index (κ1) is 31.6. The molecule has 1 heterocycles. The number of fused-ring (bicyclic) bond motifs is 3. The fourth-order valence-electron chi connectivity index (χ4n) is 7.97. The first-order chi connectivity index (χ1) is 26.8. The number of para-hydroxylation sites is 2. The normalized spacial score (nSPS) is 11.3. The maximum Gasteiger partial charge on any atom is 0.145 e. The van der Waals surface area contributed by atoms with Crippen LogP contribution in [-0.4, -0.2) is 0 Å². The highest BCUT2D eigenvalue weighted by molar-refractivity contribution is 6.05. The largest absolute Gasteiger partial charge is 0.455 e. The van der Waals surface area contributed by atoms with Crippen molar-refractivity contribution in [2.45, 2.75) is 0 Å². The Morgan fingerprint density at radius 1 is 0.333 bits per heavy atom. The van der Waals surface area contributed by atoms with Gasteiger partial charge in [0.2, 0.25) is 0 Å². The van der Waals surface area contributed by atoms with E-state index in [9.17, 15) is 0 Å². The Morgan fingerprint density at radius 2 is 0.870 bits per heavy atom. The van der Waals surface area contributed by atoms with Crippen LogP contribution in [0.3, 0.4) is 0 Å². The van der Waals surface area contributed by atoms with Gasteiger partial charge in [-0.05, 0) is 91.8 Å². The first-order valence-electron chi connectivity index (χ1n) is 18.4. The second-order valence-electron chi connectivity index (χ2n) is 13.7. The molecule has 0 amide bonds. The van der Waals surface area contributed by atoms with Gasteiger partial charge < -0.3 is 9.32 Å². The molecule has 2 nitrogen and oxygen atoms in total. The topological polar surface area (TPSA) is 16.4 Å². The van der Waals surface area contributed by atoms with Gasteiger partial charge in [0, 0.05) is 27.9 Å². The quantitative estimate of drug-likeness (QED) is 0.166. The van der Waals surface area contributed by atoms with Crippen LogP contribution in [0.5, 0.6) is 0 Å². The molecule has 0 saturated carbocycles. The van der Waals surface area contributed by atoms with E-state index in [0.29, 0.717) is 0 Å². The molecule has 0 bridgehead atoms. The minimum absolute atomic E-state index is 0.848. The lowest BCUT2D eigenvalue weighted by Crippen LogP contribution is -2.11. The SMILES string of the molecule is c1ccc(-c2c(-c3ccccc3N(c3ccc(-c4cccc5ccccc45)cc3)c3cccc(-c4cccc5ccccc45)c3)oc3ccccc23)cc1. The Hall–Kier alpha value is -7.16. The highest BCUT2D eigenvalue weighted by Crippen LogP contribution is 2.48. The number of nitrogens with zero attached hydrogens (tertiary/aromatic N) is 1. The van der Waals surface area contributed by atoms with Crippen LogP contribution in [0.25, 0.3) is 77.2 Å². The Balaban J connectivity index is 1.19. The fraction of sp³-hybridized carbons (Fsp3) is 0. The van der Waals surface area contributed by atoms with Gasteiger partial charge >= 0.3 is 0 Å². The predicted molar refractivity (Wildman–Crippen MR) is 228 cm³/mol. The number of hydrogen-bond donors (Lipinski definition) is 0. The summed E-state index contributed by atoms with van der Waals surface area (Å²) in [5.74, 6) is 0.848. The number of furan rings is 1. The molecular formula is C52H35NO. The van der Waals surface area contributed by atoms with Crippen molar-refractivity contribution in [1.29, 1.82) is 0 Å². The van der Waals surface area contributed by atoms with E-state index in [4.69, 9.17) is 4.42 Å². The molecule has 0 spiro atoms. The van der Waals surface area contributed by atoms with Crippen LogP contribution in [0, 0.1) is 0 Å². The van der Waals surface area contributed by atoms with Gasteiger partial charge in [-0.25, -0.2) is 0 Å². The zero-order valence-electron chi connectivity index (χ0n) is 29.6. The van der Waals surface area contributed by atoms with Crippen molar-refractivity contribution >= 4 is 49.6 Å². The van der Waals surface area contributed by atoms with Gasteiger partial charge in [0.25, 0.3) is 0 Å². The third-order valence-corrected chi connectivity index (χ3v) is 10.5. The maximum atomic E-state index is 6.83. The van der Waals surface area contributed by atoms with E-state index in [2.05, 4.69) is 211 Å². The summed E-state index contributed by atoms with van der Waals surface area (Å²) in [7, 11) is 0. The number of hydrogen-bond acceptors (Lipinski definition) is 2. The molecule has 9 aromatic carbocycles. The molecule has 2 heteroatoms. The molecule has 0 fully saturated rings. The highest BCUT2D eigenvalue weighted by Gasteiger charge is 2.24. The summed E-state index contributed by atoms with van der Waals surface area (Å²) in [5, 5.41) is 6.04. The molecule has 0 unspecified atom stereocenters. The molecule has 0 atom stereocenters. The van der Waals surface area contributed by atoms with Crippen molar-refractivity contribution in [3.63, 3.8) is 0 Å². The molecule has 0 aliphatic carbocycles. The lowest BCUT2D eigenvalue weighted by atomic mass is 9.96. The van der Waals surface area contributed by atoms with E-state index >= 15 is 0 Å². The molecule has 0 aliphatic heterocycles. The van der Waals surface area contributed by atoms with E-state index in [1.807, 2.05) is 6.07 Å². The zero-order chi connectivity index (χ0) is 35.8. The Labute approximate surface area is 314 Å². The molecule has 0 saturated heterocycles. The van der Waals surface area contributed by atoms with Gasteiger partial charge in [0.05, 0.1) is 5.69 Å². The number of benzene rings is 9. The minimum Gasteiger partial charge on any atom is -0.455 e. The molecule has 54 heavy (non-hydrogen) atoms. The molecule has 0 aliphatic rings. The summed E-state index contributed by atoms with van der Waals surface area (Å²) in [6, 6.07) is 75.7. The van der Waals surface area contributed by atoms with Crippen molar-refractivity contribution < 1.29 is 4.42 Å². The number of rotatable bonds is 7. The first-order valence-corrected chi connectivity index (χ1v) is 18.4. The van der Waals surface area contributed by atoms with Crippen LogP contribution >= 0.6 is 0 Å². The van der Waals surface area contributed by atoms with E-state index in [1.54, 1.807) is 0 Å². The molecule has 10 aromatic rings. The van der Waals surface area contributed by atoms with Crippen molar-refractivity contribution in [2.24, 2.45) is 0 Å². The van der Waals surface area contributed by atoms with Crippen molar-refractivity contribution in [1.82, 2.24) is 0 Å². The smallest absolute Gasteiger partial charge is 0.145 e. The van der Waals surface area contributed by atoms with Crippen molar-refractivity contribution in [2.75, 3.05) is 4.90 Å². The van der Waals surface area contributed by atoms with E-state index in [1.165, 1.54) is 38.2 Å². The summed E-state index contributed by atoms with van der Waals surface area (Å²) in [6.45, 7) is 0. The summed E-state index contributed by atoms with van der Waals surface area (Å²) in [5.41, 5.74) is 12.0.